The fourth-order valence-electron chi connectivity index (χ4n) is 2.81. The number of hydrogen-bond acceptors (Lipinski definition) is 4. The molecule has 0 spiro atoms. The van der Waals surface area contributed by atoms with Crippen LogP contribution >= 0.6 is 0 Å². The molecule has 0 unspecified atom stereocenters. The van der Waals surface area contributed by atoms with E-state index in [0.717, 1.165) is 5.56 Å². The van der Waals surface area contributed by atoms with Gasteiger partial charge in [-0.2, -0.15) is 5.26 Å². The van der Waals surface area contributed by atoms with Crippen LogP contribution in [0.15, 0.2) is 54.6 Å². The molecule has 1 aliphatic rings. The van der Waals surface area contributed by atoms with Gasteiger partial charge in [0.05, 0.1) is 24.8 Å². The van der Waals surface area contributed by atoms with Crippen LogP contribution in [0, 0.1) is 11.3 Å². The summed E-state index contributed by atoms with van der Waals surface area (Å²) >= 11 is 0. The van der Waals surface area contributed by atoms with Crippen molar-refractivity contribution in [2.75, 3.05) is 26.3 Å². The van der Waals surface area contributed by atoms with Crippen molar-refractivity contribution >= 4 is 11.8 Å². The molecule has 0 radical (unpaired) electrons. The predicted octanol–water partition coefficient (Wildman–Crippen LogP) is 1.89. The Balaban J connectivity index is 1.82. The molecule has 0 saturated carbocycles. The highest BCUT2D eigenvalue weighted by atomic mass is 16.5. The maximum atomic E-state index is 13.0. The lowest BCUT2D eigenvalue weighted by Gasteiger charge is -2.31. The van der Waals surface area contributed by atoms with Crippen LogP contribution in [0.3, 0.4) is 0 Å². The normalized spacial score (nSPS) is 15.0. The SMILES string of the molecule is N#Cc1ccc(C(=O)N[C@@H](C(=O)N2CCOCC2)c2ccccc2)cc1. The molecule has 26 heavy (non-hydrogen) atoms. The Labute approximate surface area is 152 Å². The summed E-state index contributed by atoms with van der Waals surface area (Å²) in [5, 5.41) is 11.7. The second-order valence-corrected chi connectivity index (χ2v) is 5.94. The Hall–Kier alpha value is -3.17. The fourth-order valence-corrected chi connectivity index (χ4v) is 2.81. The zero-order valence-electron chi connectivity index (χ0n) is 14.2. The highest BCUT2D eigenvalue weighted by molar-refractivity contribution is 5.98. The van der Waals surface area contributed by atoms with Crippen LogP contribution in [-0.4, -0.2) is 43.0 Å². The number of benzene rings is 2. The van der Waals surface area contributed by atoms with Gasteiger partial charge in [0.25, 0.3) is 5.91 Å². The lowest BCUT2D eigenvalue weighted by Crippen LogP contribution is -2.47. The third-order valence-electron chi connectivity index (χ3n) is 4.25. The van der Waals surface area contributed by atoms with E-state index in [9.17, 15) is 9.59 Å². The zero-order chi connectivity index (χ0) is 18.4. The molecule has 2 aromatic rings. The smallest absolute Gasteiger partial charge is 0.252 e. The highest BCUT2D eigenvalue weighted by Crippen LogP contribution is 2.18. The summed E-state index contributed by atoms with van der Waals surface area (Å²) in [6.45, 7) is 2.01. The lowest BCUT2D eigenvalue weighted by molar-refractivity contribution is -0.137. The van der Waals surface area contributed by atoms with Gasteiger partial charge in [0.15, 0.2) is 0 Å². The number of rotatable bonds is 4. The van der Waals surface area contributed by atoms with Crippen molar-refractivity contribution in [2.45, 2.75) is 6.04 Å². The molecule has 6 nitrogen and oxygen atoms in total. The van der Waals surface area contributed by atoms with Gasteiger partial charge >= 0.3 is 0 Å². The molecule has 1 saturated heterocycles. The van der Waals surface area contributed by atoms with Crippen LogP contribution in [0.1, 0.15) is 27.5 Å². The molecule has 2 aromatic carbocycles. The number of hydrogen-bond donors (Lipinski definition) is 1. The number of carbonyl (C=O) groups excluding carboxylic acids is 2. The molecule has 1 fully saturated rings. The molecule has 2 amide bonds. The first-order chi connectivity index (χ1) is 12.7. The van der Waals surface area contributed by atoms with E-state index in [4.69, 9.17) is 10.00 Å². The maximum Gasteiger partial charge on any atom is 0.252 e. The van der Waals surface area contributed by atoms with Crippen molar-refractivity contribution in [1.82, 2.24) is 10.2 Å². The Morgan fingerprint density at radius 3 is 2.31 bits per heavy atom. The topological polar surface area (TPSA) is 82.4 Å². The fraction of sp³-hybridized carbons (Fsp3) is 0.250. The summed E-state index contributed by atoms with van der Waals surface area (Å²) < 4.78 is 5.30. The number of nitrogens with one attached hydrogen (secondary N) is 1. The van der Waals surface area contributed by atoms with Crippen LogP contribution in [0.2, 0.25) is 0 Å². The van der Waals surface area contributed by atoms with E-state index < -0.39 is 6.04 Å². The first kappa shape index (κ1) is 17.6. The number of ether oxygens (including phenoxy) is 1. The van der Waals surface area contributed by atoms with E-state index in [1.807, 2.05) is 36.4 Å². The van der Waals surface area contributed by atoms with E-state index in [1.54, 1.807) is 29.2 Å². The summed E-state index contributed by atoms with van der Waals surface area (Å²) in [5.74, 6) is -0.508. The number of nitrogens with zero attached hydrogens (tertiary/aromatic N) is 2. The minimum Gasteiger partial charge on any atom is -0.378 e. The molecule has 0 bridgehead atoms. The van der Waals surface area contributed by atoms with E-state index in [2.05, 4.69) is 5.32 Å². The van der Waals surface area contributed by atoms with Crippen LogP contribution in [-0.2, 0) is 9.53 Å². The molecule has 1 atom stereocenters. The number of nitriles is 1. The summed E-state index contributed by atoms with van der Waals surface area (Å²) in [5.41, 5.74) is 1.61. The third-order valence-corrected chi connectivity index (χ3v) is 4.25. The largest absolute Gasteiger partial charge is 0.378 e. The number of amides is 2. The van der Waals surface area contributed by atoms with Crippen LogP contribution in [0.4, 0.5) is 0 Å². The van der Waals surface area contributed by atoms with E-state index >= 15 is 0 Å². The van der Waals surface area contributed by atoms with Crippen LogP contribution in [0.5, 0.6) is 0 Å². The van der Waals surface area contributed by atoms with Gasteiger partial charge in [-0.15, -0.1) is 0 Å². The van der Waals surface area contributed by atoms with Crippen molar-refractivity contribution in [2.24, 2.45) is 0 Å². The maximum absolute atomic E-state index is 13.0. The third kappa shape index (κ3) is 4.08. The minimum atomic E-state index is -0.766. The zero-order valence-corrected chi connectivity index (χ0v) is 14.2. The van der Waals surface area contributed by atoms with Crippen LogP contribution < -0.4 is 5.32 Å². The molecule has 0 aliphatic carbocycles. The second kappa shape index (κ2) is 8.28. The van der Waals surface area contributed by atoms with Gasteiger partial charge in [0.2, 0.25) is 5.91 Å². The summed E-state index contributed by atoms with van der Waals surface area (Å²) in [6.07, 6.45) is 0. The molecule has 1 N–H and O–H groups in total. The predicted molar refractivity (Wildman–Crippen MR) is 95.2 cm³/mol. The number of morpholine rings is 1. The monoisotopic (exact) mass is 349 g/mol. The van der Waals surface area contributed by atoms with Crippen molar-refractivity contribution in [3.8, 4) is 6.07 Å². The molecular formula is C20H19N3O3. The molecule has 1 aliphatic heterocycles. The average molecular weight is 349 g/mol. The first-order valence-corrected chi connectivity index (χ1v) is 8.41. The molecule has 6 heteroatoms. The van der Waals surface area contributed by atoms with Gasteiger partial charge < -0.3 is 15.0 Å². The Kier molecular flexibility index (Phi) is 5.62. The van der Waals surface area contributed by atoms with Crippen molar-refractivity contribution in [3.63, 3.8) is 0 Å². The van der Waals surface area contributed by atoms with Gasteiger partial charge in [-0.3, -0.25) is 9.59 Å². The molecule has 3 rings (SSSR count). The molecule has 0 aromatic heterocycles. The van der Waals surface area contributed by atoms with Gasteiger partial charge in [-0.25, -0.2) is 0 Å². The molecule has 1 heterocycles. The average Bonchev–Trinajstić information content (AvgIpc) is 2.72. The summed E-state index contributed by atoms with van der Waals surface area (Å²) in [7, 11) is 0. The van der Waals surface area contributed by atoms with Crippen molar-refractivity contribution < 1.29 is 14.3 Å². The van der Waals surface area contributed by atoms with Crippen molar-refractivity contribution in [1.29, 1.82) is 5.26 Å². The summed E-state index contributed by atoms with van der Waals surface area (Å²) in [6, 6.07) is 16.7. The van der Waals surface area contributed by atoms with Crippen molar-refractivity contribution in [3.05, 3.63) is 71.3 Å². The summed E-state index contributed by atoms with van der Waals surface area (Å²) in [4.78, 5) is 27.3. The molecule has 132 valence electrons. The van der Waals surface area contributed by atoms with Gasteiger partial charge in [-0.05, 0) is 29.8 Å². The van der Waals surface area contributed by atoms with E-state index in [0.29, 0.717) is 37.4 Å². The van der Waals surface area contributed by atoms with E-state index in [-0.39, 0.29) is 11.8 Å². The van der Waals surface area contributed by atoms with E-state index in [1.165, 1.54) is 0 Å². The van der Waals surface area contributed by atoms with Gasteiger partial charge in [0.1, 0.15) is 6.04 Å². The molecular weight excluding hydrogens is 330 g/mol. The Morgan fingerprint density at radius 1 is 1.04 bits per heavy atom. The second-order valence-electron chi connectivity index (χ2n) is 5.94. The first-order valence-electron chi connectivity index (χ1n) is 8.41. The van der Waals surface area contributed by atoms with Gasteiger partial charge in [-0.1, -0.05) is 30.3 Å². The Morgan fingerprint density at radius 2 is 1.69 bits per heavy atom. The van der Waals surface area contributed by atoms with Crippen LogP contribution in [0.25, 0.3) is 0 Å². The van der Waals surface area contributed by atoms with Gasteiger partial charge in [0, 0.05) is 18.7 Å². The number of carbonyl (C=O) groups is 2. The quantitative estimate of drug-likeness (QED) is 0.914. The Bertz CT molecular complexity index is 806. The highest BCUT2D eigenvalue weighted by Gasteiger charge is 2.28. The standard InChI is InChI=1S/C20H19N3O3/c21-14-15-6-8-17(9-7-15)19(24)22-18(16-4-2-1-3-5-16)20(25)23-10-12-26-13-11-23/h1-9,18H,10-13H2,(H,22,24)/t18-/m1/s1. The lowest BCUT2D eigenvalue weighted by atomic mass is 10.0. The minimum absolute atomic E-state index is 0.151.